The number of quaternary nitrogens is 1. The molecule has 2 atom stereocenters. The SMILES string of the molecule is Cc1cccc(Oc2c(C(F)(F)F)oc3c(C[NH+]4CCCC[C@H]4C)c(O)ccc3c2=O)c1. The fraction of sp³-hybridized carbons (Fsp3) is 0.375. The van der Waals surface area contributed by atoms with Gasteiger partial charge in [0.15, 0.2) is 5.58 Å². The molecule has 0 amide bonds. The smallest absolute Gasteiger partial charge is 0.453 e. The molecule has 0 radical (unpaired) electrons. The number of phenols is 1. The molecule has 1 fully saturated rings. The zero-order chi connectivity index (χ0) is 23.0. The van der Waals surface area contributed by atoms with Gasteiger partial charge in [0.25, 0.3) is 5.76 Å². The molecule has 8 heteroatoms. The van der Waals surface area contributed by atoms with Crippen molar-refractivity contribution in [2.75, 3.05) is 6.54 Å². The van der Waals surface area contributed by atoms with Gasteiger partial charge < -0.3 is 19.2 Å². The van der Waals surface area contributed by atoms with Gasteiger partial charge in [-0.05, 0) is 62.9 Å². The number of hydrogen-bond acceptors (Lipinski definition) is 4. The summed E-state index contributed by atoms with van der Waals surface area (Å²) in [5.41, 5.74) is -0.199. The van der Waals surface area contributed by atoms with Crippen LogP contribution in [0.3, 0.4) is 0 Å². The largest absolute Gasteiger partial charge is 0.507 e. The number of benzene rings is 2. The third-order valence-corrected chi connectivity index (χ3v) is 6.05. The Hall–Kier alpha value is -3.00. The fourth-order valence-corrected chi connectivity index (χ4v) is 4.28. The van der Waals surface area contributed by atoms with Gasteiger partial charge in [-0.3, -0.25) is 4.79 Å². The number of fused-ring (bicyclic) bond motifs is 1. The molecular weight excluding hydrogens is 423 g/mol. The second-order valence-electron chi connectivity index (χ2n) is 8.43. The maximum absolute atomic E-state index is 13.9. The summed E-state index contributed by atoms with van der Waals surface area (Å²) in [5, 5.41) is 10.4. The molecule has 0 bridgehead atoms. The van der Waals surface area contributed by atoms with Crippen LogP contribution >= 0.6 is 0 Å². The molecule has 1 aliphatic heterocycles. The van der Waals surface area contributed by atoms with Crippen molar-refractivity contribution in [3.05, 3.63) is 63.5 Å². The summed E-state index contributed by atoms with van der Waals surface area (Å²) in [6.07, 6.45) is -1.87. The number of phenolic OH excluding ortho intramolecular Hbond substituents is 1. The first-order valence-electron chi connectivity index (χ1n) is 10.6. The molecule has 4 rings (SSSR count). The summed E-state index contributed by atoms with van der Waals surface area (Å²) in [6, 6.07) is 9.28. The Morgan fingerprint density at radius 1 is 1.22 bits per heavy atom. The number of rotatable bonds is 4. The Morgan fingerprint density at radius 3 is 2.69 bits per heavy atom. The number of nitrogens with one attached hydrogen (secondary N) is 1. The summed E-state index contributed by atoms with van der Waals surface area (Å²) in [7, 11) is 0. The van der Waals surface area contributed by atoms with E-state index in [4.69, 9.17) is 9.15 Å². The maximum atomic E-state index is 13.9. The van der Waals surface area contributed by atoms with Crippen molar-refractivity contribution >= 4 is 11.0 Å². The van der Waals surface area contributed by atoms with E-state index in [1.54, 1.807) is 19.1 Å². The lowest BCUT2D eigenvalue weighted by Crippen LogP contribution is -3.14. The minimum absolute atomic E-state index is 0.0579. The van der Waals surface area contributed by atoms with Crippen LogP contribution in [0.25, 0.3) is 11.0 Å². The van der Waals surface area contributed by atoms with E-state index in [9.17, 15) is 23.1 Å². The molecule has 2 aromatic carbocycles. The van der Waals surface area contributed by atoms with Crippen LogP contribution in [0.2, 0.25) is 0 Å². The molecule has 2 heterocycles. The number of ether oxygens (including phenoxy) is 1. The molecule has 1 aromatic heterocycles. The van der Waals surface area contributed by atoms with Crippen molar-refractivity contribution in [1.82, 2.24) is 0 Å². The molecule has 32 heavy (non-hydrogen) atoms. The number of aryl methyl sites for hydroxylation is 1. The second kappa shape index (κ2) is 8.50. The molecule has 170 valence electrons. The van der Waals surface area contributed by atoms with Crippen LogP contribution in [0.5, 0.6) is 17.2 Å². The molecule has 1 aliphatic rings. The quantitative estimate of drug-likeness (QED) is 0.614. The van der Waals surface area contributed by atoms with Gasteiger partial charge in [-0.25, -0.2) is 0 Å². The Morgan fingerprint density at radius 2 is 2.00 bits per heavy atom. The highest BCUT2D eigenvalue weighted by Crippen LogP contribution is 2.39. The van der Waals surface area contributed by atoms with Gasteiger partial charge in [0.1, 0.15) is 18.0 Å². The Balaban J connectivity index is 1.88. The van der Waals surface area contributed by atoms with E-state index in [1.165, 1.54) is 24.3 Å². The number of likely N-dealkylation sites (tertiary alicyclic amines) is 1. The highest BCUT2D eigenvalue weighted by atomic mass is 19.4. The lowest BCUT2D eigenvalue weighted by molar-refractivity contribution is -0.941. The minimum atomic E-state index is -4.96. The topological polar surface area (TPSA) is 64.1 Å². The van der Waals surface area contributed by atoms with E-state index in [-0.39, 0.29) is 40.6 Å². The van der Waals surface area contributed by atoms with Gasteiger partial charge >= 0.3 is 6.18 Å². The number of alkyl halides is 3. The molecule has 0 saturated carbocycles. The lowest BCUT2D eigenvalue weighted by atomic mass is 10.0. The van der Waals surface area contributed by atoms with Crippen molar-refractivity contribution in [2.24, 2.45) is 0 Å². The van der Waals surface area contributed by atoms with E-state index < -0.39 is 23.1 Å². The number of halogens is 3. The van der Waals surface area contributed by atoms with Gasteiger partial charge in [-0.2, -0.15) is 13.2 Å². The van der Waals surface area contributed by atoms with Crippen molar-refractivity contribution in [1.29, 1.82) is 0 Å². The fourth-order valence-electron chi connectivity index (χ4n) is 4.28. The number of piperidine rings is 1. The third-order valence-electron chi connectivity index (χ3n) is 6.05. The van der Waals surface area contributed by atoms with E-state index in [0.29, 0.717) is 0 Å². The predicted octanol–water partition coefficient (Wildman–Crippen LogP) is 4.58. The van der Waals surface area contributed by atoms with E-state index in [1.807, 2.05) is 0 Å². The van der Waals surface area contributed by atoms with Gasteiger partial charge in [0, 0.05) is 0 Å². The molecule has 0 aliphatic carbocycles. The van der Waals surface area contributed by atoms with Crippen molar-refractivity contribution < 1.29 is 32.3 Å². The summed E-state index contributed by atoms with van der Waals surface area (Å²) >= 11 is 0. The van der Waals surface area contributed by atoms with Crippen LogP contribution in [-0.2, 0) is 12.7 Å². The zero-order valence-corrected chi connectivity index (χ0v) is 17.9. The maximum Gasteiger partial charge on any atom is 0.453 e. The monoisotopic (exact) mass is 448 g/mol. The minimum Gasteiger partial charge on any atom is -0.507 e. The lowest BCUT2D eigenvalue weighted by Gasteiger charge is -2.30. The molecule has 3 aromatic rings. The summed E-state index contributed by atoms with van der Waals surface area (Å²) in [5.74, 6) is -2.50. The Bertz CT molecular complexity index is 1200. The second-order valence-corrected chi connectivity index (χ2v) is 8.43. The van der Waals surface area contributed by atoms with Crippen molar-refractivity contribution in [2.45, 2.75) is 51.9 Å². The van der Waals surface area contributed by atoms with Gasteiger partial charge in [-0.15, -0.1) is 0 Å². The average Bonchev–Trinajstić information content (AvgIpc) is 2.72. The average molecular weight is 448 g/mol. The predicted molar refractivity (Wildman–Crippen MR) is 113 cm³/mol. The van der Waals surface area contributed by atoms with Crippen LogP contribution in [-0.4, -0.2) is 17.7 Å². The number of hydrogen-bond donors (Lipinski definition) is 2. The molecule has 1 saturated heterocycles. The number of aromatic hydroxyl groups is 1. The van der Waals surface area contributed by atoms with Crippen LogP contribution in [0.1, 0.15) is 43.1 Å². The van der Waals surface area contributed by atoms with Crippen LogP contribution in [0, 0.1) is 6.92 Å². The molecule has 5 nitrogen and oxygen atoms in total. The zero-order valence-electron chi connectivity index (χ0n) is 17.9. The van der Waals surface area contributed by atoms with E-state index >= 15 is 0 Å². The van der Waals surface area contributed by atoms with Gasteiger partial charge in [-0.1, -0.05) is 12.1 Å². The molecular formula is C24H25F3NO4+. The highest BCUT2D eigenvalue weighted by molar-refractivity contribution is 5.83. The van der Waals surface area contributed by atoms with Gasteiger partial charge in [0.05, 0.1) is 23.5 Å². The van der Waals surface area contributed by atoms with Crippen LogP contribution in [0.15, 0.2) is 45.6 Å². The highest BCUT2D eigenvalue weighted by Gasteiger charge is 2.41. The van der Waals surface area contributed by atoms with Crippen LogP contribution < -0.4 is 15.1 Å². The summed E-state index contributed by atoms with van der Waals surface area (Å²) in [6.45, 7) is 4.94. The standard InChI is InChI=1S/C24H24F3NO4/c1-14-6-5-8-16(12-14)31-22-20(30)17-9-10-19(29)18(13-28-11-4-3-7-15(28)2)21(17)32-23(22)24(25,26)27/h5-6,8-10,12,15,29H,3-4,7,11,13H2,1-2H3/p+1/t15-/m1/s1. The summed E-state index contributed by atoms with van der Waals surface area (Å²) in [4.78, 5) is 14.3. The molecule has 1 unspecified atom stereocenters. The molecule has 2 N–H and O–H groups in total. The van der Waals surface area contributed by atoms with Gasteiger partial charge in [0.2, 0.25) is 11.2 Å². The Labute approximate surface area is 183 Å². The first-order chi connectivity index (χ1) is 15.1. The molecule has 0 spiro atoms. The van der Waals surface area contributed by atoms with Crippen LogP contribution in [0.4, 0.5) is 13.2 Å². The third kappa shape index (κ3) is 4.32. The summed E-state index contributed by atoms with van der Waals surface area (Å²) < 4.78 is 52.4. The van der Waals surface area contributed by atoms with Crippen molar-refractivity contribution in [3.63, 3.8) is 0 Å². The van der Waals surface area contributed by atoms with E-state index in [0.717, 1.165) is 36.3 Å². The normalized spacial score (nSPS) is 19.3. The Kier molecular flexibility index (Phi) is 5.90. The van der Waals surface area contributed by atoms with Crippen molar-refractivity contribution in [3.8, 4) is 17.2 Å². The first kappa shape index (κ1) is 22.2. The first-order valence-corrected chi connectivity index (χ1v) is 10.6. The van der Waals surface area contributed by atoms with E-state index in [2.05, 4.69) is 6.92 Å².